The Labute approximate surface area is 118 Å². The second-order valence-corrected chi connectivity index (χ2v) is 5.74. The Balaban J connectivity index is 2.20. The molecule has 1 aliphatic rings. The molecule has 1 unspecified atom stereocenters. The van der Waals surface area contributed by atoms with Crippen LogP contribution >= 0.6 is 15.9 Å². The summed E-state index contributed by atoms with van der Waals surface area (Å²) in [5.41, 5.74) is 9.92. The summed E-state index contributed by atoms with van der Waals surface area (Å²) in [5.74, 6) is 0. The average molecular weight is 312 g/mol. The third-order valence-corrected chi connectivity index (χ3v) is 4.55. The third kappa shape index (κ3) is 2.86. The van der Waals surface area contributed by atoms with Crippen LogP contribution in [0.2, 0.25) is 0 Å². The number of halogens is 1. The van der Waals surface area contributed by atoms with Gasteiger partial charge >= 0.3 is 0 Å². The van der Waals surface area contributed by atoms with Crippen molar-refractivity contribution >= 4 is 15.9 Å². The van der Waals surface area contributed by atoms with E-state index in [2.05, 4.69) is 45.6 Å². The minimum atomic E-state index is 0.361. The fourth-order valence-electron chi connectivity index (χ4n) is 2.47. The lowest BCUT2D eigenvalue weighted by molar-refractivity contribution is 0.571. The van der Waals surface area contributed by atoms with Crippen molar-refractivity contribution in [3.63, 3.8) is 0 Å². The van der Waals surface area contributed by atoms with Crippen LogP contribution in [0.25, 0.3) is 0 Å². The van der Waals surface area contributed by atoms with Crippen LogP contribution in [0.15, 0.2) is 16.1 Å². The van der Waals surface area contributed by atoms with E-state index in [1.165, 1.54) is 21.4 Å². The van der Waals surface area contributed by atoms with E-state index in [9.17, 15) is 0 Å². The van der Waals surface area contributed by atoms with Gasteiger partial charge in [-0.2, -0.15) is 5.10 Å². The largest absolute Gasteiger partial charge is 0.327 e. The van der Waals surface area contributed by atoms with E-state index in [1.54, 1.807) is 0 Å². The lowest BCUT2D eigenvalue weighted by Gasteiger charge is -2.18. The van der Waals surface area contributed by atoms with Gasteiger partial charge in [-0.05, 0) is 48.5 Å². The molecule has 0 fully saturated rings. The maximum Gasteiger partial charge on any atom is 0.0766 e. The molecule has 100 valence electrons. The Kier molecular flexibility index (Phi) is 4.62. The average Bonchev–Trinajstić information content (AvgIpc) is 2.69. The van der Waals surface area contributed by atoms with Gasteiger partial charge in [-0.15, -0.1) is 0 Å². The van der Waals surface area contributed by atoms with E-state index in [0.717, 1.165) is 38.6 Å². The number of hydrogen-bond acceptors (Lipinski definition) is 2. The lowest BCUT2D eigenvalue weighted by Crippen LogP contribution is -2.22. The van der Waals surface area contributed by atoms with Crippen LogP contribution in [0.4, 0.5) is 0 Å². The van der Waals surface area contributed by atoms with E-state index in [4.69, 9.17) is 5.73 Å². The SMILES string of the molecule is CCc1nn(CC)c(CC2=CCC(N)CC2)c1Br. The number of aryl methyl sites for hydroxylation is 2. The molecule has 3 nitrogen and oxygen atoms in total. The van der Waals surface area contributed by atoms with Gasteiger partial charge in [-0.1, -0.05) is 18.6 Å². The Morgan fingerprint density at radius 3 is 2.83 bits per heavy atom. The van der Waals surface area contributed by atoms with Crippen molar-refractivity contribution < 1.29 is 0 Å². The van der Waals surface area contributed by atoms with Gasteiger partial charge in [-0.25, -0.2) is 0 Å². The smallest absolute Gasteiger partial charge is 0.0766 e. The number of aromatic nitrogens is 2. The molecule has 1 aromatic heterocycles. The van der Waals surface area contributed by atoms with Gasteiger partial charge in [0.2, 0.25) is 0 Å². The minimum absolute atomic E-state index is 0.361. The second-order valence-electron chi connectivity index (χ2n) is 4.95. The lowest BCUT2D eigenvalue weighted by atomic mass is 9.93. The Bertz CT molecular complexity index is 448. The van der Waals surface area contributed by atoms with Crippen molar-refractivity contribution in [1.82, 2.24) is 9.78 Å². The first-order valence-corrected chi connectivity index (χ1v) is 7.62. The van der Waals surface area contributed by atoms with Gasteiger partial charge in [0.15, 0.2) is 0 Å². The number of rotatable bonds is 4. The van der Waals surface area contributed by atoms with Crippen molar-refractivity contribution in [3.8, 4) is 0 Å². The summed E-state index contributed by atoms with van der Waals surface area (Å²) in [5, 5.41) is 4.65. The molecule has 2 rings (SSSR count). The van der Waals surface area contributed by atoms with Gasteiger partial charge in [0.25, 0.3) is 0 Å². The minimum Gasteiger partial charge on any atom is -0.327 e. The van der Waals surface area contributed by atoms with E-state index in [-0.39, 0.29) is 0 Å². The van der Waals surface area contributed by atoms with Crippen LogP contribution < -0.4 is 5.73 Å². The molecule has 0 aliphatic heterocycles. The van der Waals surface area contributed by atoms with Crippen LogP contribution in [0, 0.1) is 0 Å². The molecule has 0 saturated heterocycles. The number of nitrogens with two attached hydrogens (primary N) is 1. The molecule has 0 amide bonds. The summed E-state index contributed by atoms with van der Waals surface area (Å²) in [6, 6.07) is 0.361. The molecule has 18 heavy (non-hydrogen) atoms. The van der Waals surface area contributed by atoms with Crippen LogP contribution in [0.5, 0.6) is 0 Å². The highest BCUT2D eigenvalue weighted by Gasteiger charge is 2.17. The Morgan fingerprint density at radius 1 is 1.50 bits per heavy atom. The fourth-order valence-corrected chi connectivity index (χ4v) is 3.18. The summed E-state index contributed by atoms with van der Waals surface area (Å²) in [6.07, 6.45) is 7.57. The monoisotopic (exact) mass is 311 g/mol. The first kappa shape index (κ1) is 13.8. The zero-order chi connectivity index (χ0) is 13.1. The van der Waals surface area contributed by atoms with Crippen LogP contribution in [0.1, 0.15) is 44.5 Å². The highest BCUT2D eigenvalue weighted by atomic mass is 79.9. The highest BCUT2D eigenvalue weighted by Crippen LogP contribution is 2.27. The normalized spacial score (nSPS) is 20.0. The summed E-state index contributed by atoms with van der Waals surface area (Å²) >= 11 is 3.71. The number of allylic oxidation sites excluding steroid dienone is 1. The van der Waals surface area contributed by atoms with E-state index < -0.39 is 0 Å². The molecule has 0 bridgehead atoms. The van der Waals surface area contributed by atoms with Gasteiger partial charge < -0.3 is 5.73 Å². The molecule has 1 heterocycles. The molecule has 1 aromatic rings. The molecular weight excluding hydrogens is 290 g/mol. The zero-order valence-corrected chi connectivity index (χ0v) is 12.8. The van der Waals surface area contributed by atoms with E-state index in [0.29, 0.717) is 6.04 Å². The van der Waals surface area contributed by atoms with Gasteiger partial charge in [0, 0.05) is 19.0 Å². The molecule has 2 N–H and O–H groups in total. The highest BCUT2D eigenvalue weighted by molar-refractivity contribution is 9.10. The van der Waals surface area contributed by atoms with Gasteiger partial charge in [0.1, 0.15) is 0 Å². The zero-order valence-electron chi connectivity index (χ0n) is 11.2. The standard InChI is InChI=1S/C14H22BrN3/c1-3-12-14(15)13(18(4-2)17-12)9-10-5-7-11(16)8-6-10/h5,11H,3-4,6-9,16H2,1-2H3. The molecular formula is C14H22BrN3. The van der Waals surface area contributed by atoms with Crippen molar-refractivity contribution in [2.24, 2.45) is 5.73 Å². The number of hydrogen-bond donors (Lipinski definition) is 1. The maximum absolute atomic E-state index is 5.93. The molecule has 0 spiro atoms. The van der Waals surface area contributed by atoms with Gasteiger partial charge in [0.05, 0.1) is 15.9 Å². The predicted molar refractivity (Wildman–Crippen MR) is 78.6 cm³/mol. The molecule has 1 atom stereocenters. The summed E-state index contributed by atoms with van der Waals surface area (Å²) in [7, 11) is 0. The molecule has 4 heteroatoms. The first-order chi connectivity index (χ1) is 8.65. The Hall–Kier alpha value is -0.610. The van der Waals surface area contributed by atoms with Crippen LogP contribution in [-0.4, -0.2) is 15.8 Å². The van der Waals surface area contributed by atoms with E-state index in [1.807, 2.05) is 0 Å². The second kappa shape index (κ2) is 6.02. The fraction of sp³-hybridized carbons (Fsp3) is 0.643. The first-order valence-electron chi connectivity index (χ1n) is 6.83. The summed E-state index contributed by atoms with van der Waals surface area (Å²) in [6.45, 7) is 5.23. The summed E-state index contributed by atoms with van der Waals surface area (Å²) < 4.78 is 3.32. The molecule has 1 aliphatic carbocycles. The van der Waals surface area contributed by atoms with Gasteiger partial charge in [-0.3, -0.25) is 4.68 Å². The van der Waals surface area contributed by atoms with Crippen LogP contribution in [-0.2, 0) is 19.4 Å². The Morgan fingerprint density at radius 2 is 2.28 bits per heavy atom. The topological polar surface area (TPSA) is 43.8 Å². The van der Waals surface area contributed by atoms with Crippen molar-refractivity contribution in [2.75, 3.05) is 0 Å². The van der Waals surface area contributed by atoms with Crippen molar-refractivity contribution in [1.29, 1.82) is 0 Å². The third-order valence-electron chi connectivity index (χ3n) is 3.63. The van der Waals surface area contributed by atoms with E-state index >= 15 is 0 Å². The number of nitrogens with zero attached hydrogens (tertiary/aromatic N) is 2. The summed E-state index contributed by atoms with van der Waals surface area (Å²) in [4.78, 5) is 0. The molecule has 0 saturated carbocycles. The maximum atomic E-state index is 5.93. The molecule has 0 radical (unpaired) electrons. The van der Waals surface area contributed by atoms with Crippen molar-refractivity contribution in [3.05, 3.63) is 27.5 Å². The van der Waals surface area contributed by atoms with Crippen LogP contribution in [0.3, 0.4) is 0 Å². The quantitative estimate of drug-likeness (QED) is 0.868. The predicted octanol–water partition coefficient (Wildman–Crippen LogP) is 3.21. The van der Waals surface area contributed by atoms with Crippen molar-refractivity contribution in [2.45, 2.75) is 58.5 Å². The molecule has 0 aromatic carbocycles.